The number of nitrogens with one attached hydrogen (secondary N) is 1. The van der Waals surface area contributed by atoms with E-state index in [1.807, 2.05) is 54.6 Å². The summed E-state index contributed by atoms with van der Waals surface area (Å²) in [6, 6.07) is 18.9. The van der Waals surface area contributed by atoms with E-state index in [1.165, 1.54) is 0 Å². The maximum atomic E-state index is 5.90. The minimum Gasteiger partial charge on any atom is -0.384 e. The van der Waals surface area contributed by atoms with E-state index < -0.39 is 0 Å². The summed E-state index contributed by atoms with van der Waals surface area (Å²) in [6.45, 7) is 0. The number of nitrogen functional groups attached to an aromatic ring is 1. The van der Waals surface area contributed by atoms with Gasteiger partial charge in [-0.2, -0.15) is 4.98 Å². The van der Waals surface area contributed by atoms with Gasteiger partial charge in [0.05, 0.1) is 5.69 Å². The monoisotopic (exact) mass is 296 g/mol. The predicted octanol–water partition coefficient (Wildman–Crippen LogP) is 4.12. The summed E-state index contributed by atoms with van der Waals surface area (Å²) in [4.78, 5) is 8.69. The van der Waals surface area contributed by atoms with Gasteiger partial charge in [-0.25, -0.2) is 4.98 Å². The van der Waals surface area contributed by atoms with Crippen LogP contribution in [0, 0.1) is 0 Å². The highest BCUT2D eigenvalue weighted by Gasteiger charge is 2.05. The first-order valence-corrected chi connectivity index (χ1v) is 6.81. The highest BCUT2D eigenvalue weighted by atomic mass is 35.5. The molecular weight excluding hydrogens is 284 g/mol. The van der Waals surface area contributed by atoms with Gasteiger partial charge in [0, 0.05) is 22.3 Å². The average Bonchev–Trinajstić information content (AvgIpc) is 2.48. The van der Waals surface area contributed by atoms with Gasteiger partial charge in [0.2, 0.25) is 5.95 Å². The molecule has 0 aliphatic heterocycles. The van der Waals surface area contributed by atoms with E-state index in [-0.39, 0.29) is 0 Å². The molecule has 2 aromatic carbocycles. The molecule has 0 saturated heterocycles. The number of para-hydroxylation sites is 1. The first-order valence-electron chi connectivity index (χ1n) is 6.43. The molecule has 104 valence electrons. The van der Waals surface area contributed by atoms with Gasteiger partial charge in [-0.05, 0) is 24.3 Å². The molecule has 1 aromatic heterocycles. The van der Waals surface area contributed by atoms with Crippen LogP contribution in [-0.2, 0) is 0 Å². The number of halogens is 1. The molecule has 3 rings (SSSR count). The van der Waals surface area contributed by atoms with Crippen molar-refractivity contribution in [1.29, 1.82) is 0 Å². The molecule has 0 fully saturated rings. The minimum absolute atomic E-state index is 0.411. The van der Waals surface area contributed by atoms with Gasteiger partial charge in [0.25, 0.3) is 0 Å². The molecule has 4 nitrogen and oxygen atoms in total. The van der Waals surface area contributed by atoms with Crippen LogP contribution in [0.5, 0.6) is 0 Å². The lowest BCUT2D eigenvalue weighted by Gasteiger charge is -2.08. The fraction of sp³-hybridized carbons (Fsp3) is 0. The van der Waals surface area contributed by atoms with Crippen molar-refractivity contribution in [3.8, 4) is 11.3 Å². The maximum absolute atomic E-state index is 5.90. The molecule has 0 unspecified atom stereocenters. The zero-order valence-corrected chi connectivity index (χ0v) is 11.9. The molecule has 0 spiro atoms. The molecule has 1 heterocycles. The molecule has 0 saturated carbocycles. The molecule has 0 atom stereocenters. The van der Waals surface area contributed by atoms with Crippen molar-refractivity contribution in [2.45, 2.75) is 0 Å². The molecular formula is C16H13ClN4. The van der Waals surface area contributed by atoms with Gasteiger partial charge in [-0.3, -0.25) is 0 Å². The van der Waals surface area contributed by atoms with Crippen LogP contribution in [0.25, 0.3) is 11.3 Å². The Hall–Kier alpha value is -2.59. The summed E-state index contributed by atoms with van der Waals surface area (Å²) in [6.07, 6.45) is 0. The van der Waals surface area contributed by atoms with E-state index in [2.05, 4.69) is 15.3 Å². The van der Waals surface area contributed by atoms with Crippen molar-refractivity contribution >= 4 is 29.1 Å². The summed E-state index contributed by atoms with van der Waals surface area (Å²) in [5.41, 5.74) is 8.45. The fourth-order valence-corrected chi connectivity index (χ4v) is 2.07. The first kappa shape index (κ1) is 13.4. The van der Waals surface area contributed by atoms with Crippen molar-refractivity contribution in [1.82, 2.24) is 9.97 Å². The van der Waals surface area contributed by atoms with E-state index in [9.17, 15) is 0 Å². The Labute approximate surface area is 127 Å². The average molecular weight is 297 g/mol. The van der Waals surface area contributed by atoms with Gasteiger partial charge in [0.1, 0.15) is 5.82 Å². The smallest absolute Gasteiger partial charge is 0.229 e. The van der Waals surface area contributed by atoms with Crippen molar-refractivity contribution in [2.75, 3.05) is 11.1 Å². The Morgan fingerprint density at radius 3 is 2.33 bits per heavy atom. The quantitative estimate of drug-likeness (QED) is 0.763. The van der Waals surface area contributed by atoms with E-state index in [0.717, 1.165) is 16.9 Å². The second kappa shape index (κ2) is 5.81. The summed E-state index contributed by atoms with van der Waals surface area (Å²) in [7, 11) is 0. The number of nitrogens with two attached hydrogens (primary N) is 1. The highest BCUT2D eigenvalue weighted by Crippen LogP contribution is 2.23. The Kier molecular flexibility index (Phi) is 3.71. The zero-order chi connectivity index (χ0) is 14.7. The molecule has 5 heteroatoms. The second-order valence-electron chi connectivity index (χ2n) is 4.50. The number of hydrogen-bond acceptors (Lipinski definition) is 4. The zero-order valence-electron chi connectivity index (χ0n) is 11.1. The Morgan fingerprint density at radius 1 is 0.905 bits per heavy atom. The SMILES string of the molecule is Nc1cc(-c2ccc(Cl)cc2)nc(Nc2ccccc2)n1. The van der Waals surface area contributed by atoms with Crippen LogP contribution in [0.3, 0.4) is 0 Å². The van der Waals surface area contributed by atoms with E-state index in [4.69, 9.17) is 17.3 Å². The van der Waals surface area contributed by atoms with Crippen molar-refractivity contribution in [2.24, 2.45) is 0 Å². The summed E-state index contributed by atoms with van der Waals surface area (Å²) in [5, 5.41) is 3.82. The Balaban J connectivity index is 1.94. The van der Waals surface area contributed by atoms with E-state index in [0.29, 0.717) is 16.8 Å². The number of rotatable bonds is 3. The number of anilines is 3. The largest absolute Gasteiger partial charge is 0.384 e. The van der Waals surface area contributed by atoms with Gasteiger partial charge >= 0.3 is 0 Å². The second-order valence-corrected chi connectivity index (χ2v) is 4.94. The molecule has 0 bridgehead atoms. The first-order chi connectivity index (χ1) is 10.2. The lowest BCUT2D eigenvalue weighted by Crippen LogP contribution is -2.01. The number of hydrogen-bond donors (Lipinski definition) is 2. The Bertz CT molecular complexity index is 742. The van der Waals surface area contributed by atoms with Crippen LogP contribution in [0.1, 0.15) is 0 Å². The van der Waals surface area contributed by atoms with Crippen LogP contribution in [0.2, 0.25) is 5.02 Å². The highest BCUT2D eigenvalue weighted by molar-refractivity contribution is 6.30. The summed E-state index contributed by atoms with van der Waals surface area (Å²) in [5.74, 6) is 0.875. The summed E-state index contributed by atoms with van der Waals surface area (Å²) < 4.78 is 0. The predicted molar refractivity (Wildman–Crippen MR) is 86.6 cm³/mol. The van der Waals surface area contributed by atoms with Gasteiger partial charge in [-0.1, -0.05) is 41.9 Å². The minimum atomic E-state index is 0.411. The van der Waals surface area contributed by atoms with Crippen molar-refractivity contribution in [3.63, 3.8) is 0 Å². The fourth-order valence-electron chi connectivity index (χ4n) is 1.94. The lowest BCUT2D eigenvalue weighted by atomic mass is 10.1. The standard InChI is InChI=1S/C16H13ClN4/c17-12-8-6-11(7-9-12)14-10-15(18)21-16(20-14)19-13-4-2-1-3-5-13/h1-10H,(H3,18,19,20,21). The molecule has 0 radical (unpaired) electrons. The third kappa shape index (κ3) is 3.30. The number of nitrogens with zero attached hydrogens (tertiary/aromatic N) is 2. The number of aromatic nitrogens is 2. The normalized spacial score (nSPS) is 10.3. The molecule has 3 aromatic rings. The molecule has 0 aliphatic rings. The van der Waals surface area contributed by atoms with Gasteiger partial charge in [0.15, 0.2) is 0 Å². The van der Waals surface area contributed by atoms with Gasteiger partial charge in [-0.15, -0.1) is 0 Å². The lowest BCUT2D eigenvalue weighted by molar-refractivity contribution is 1.18. The third-order valence-corrected chi connectivity index (χ3v) is 3.17. The van der Waals surface area contributed by atoms with Crippen LogP contribution in [-0.4, -0.2) is 9.97 Å². The third-order valence-electron chi connectivity index (χ3n) is 2.92. The van der Waals surface area contributed by atoms with Crippen LogP contribution < -0.4 is 11.1 Å². The molecule has 0 aliphatic carbocycles. The summed E-state index contributed by atoms with van der Waals surface area (Å²) >= 11 is 5.90. The van der Waals surface area contributed by atoms with Crippen LogP contribution in [0.15, 0.2) is 60.7 Å². The topological polar surface area (TPSA) is 63.8 Å². The van der Waals surface area contributed by atoms with Crippen LogP contribution in [0.4, 0.5) is 17.5 Å². The molecule has 3 N–H and O–H groups in total. The van der Waals surface area contributed by atoms with Crippen LogP contribution >= 0.6 is 11.6 Å². The molecule has 0 amide bonds. The van der Waals surface area contributed by atoms with E-state index >= 15 is 0 Å². The molecule has 21 heavy (non-hydrogen) atoms. The van der Waals surface area contributed by atoms with Crippen molar-refractivity contribution < 1.29 is 0 Å². The van der Waals surface area contributed by atoms with E-state index in [1.54, 1.807) is 6.07 Å². The van der Waals surface area contributed by atoms with Crippen molar-refractivity contribution in [3.05, 3.63) is 65.7 Å². The Morgan fingerprint density at radius 2 is 1.62 bits per heavy atom. The maximum Gasteiger partial charge on any atom is 0.229 e. The van der Waals surface area contributed by atoms with Gasteiger partial charge < -0.3 is 11.1 Å². The number of benzene rings is 2.